The van der Waals surface area contributed by atoms with Crippen molar-refractivity contribution in [1.82, 2.24) is 4.90 Å². The molecule has 5 nitrogen and oxygen atoms in total. The molecule has 142 valence electrons. The Bertz CT molecular complexity index is 623. The van der Waals surface area contributed by atoms with Gasteiger partial charge in [-0.05, 0) is 49.9 Å². The fraction of sp³-hybridized carbons (Fsp3) is 0.619. The average molecular weight is 357 g/mol. The van der Waals surface area contributed by atoms with Crippen LogP contribution in [0.2, 0.25) is 0 Å². The summed E-state index contributed by atoms with van der Waals surface area (Å²) >= 11 is 0. The molecule has 3 rings (SSSR count). The van der Waals surface area contributed by atoms with E-state index in [4.69, 9.17) is 0 Å². The summed E-state index contributed by atoms with van der Waals surface area (Å²) in [5, 5.41) is 0. The van der Waals surface area contributed by atoms with Gasteiger partial charge < -0.3 is 14.7 Å². The van der Waals surface area contributed by atoms with E-state index in [-0.39, 0.29) is 17.7 Å². The van der Waals surface area contributed by atoms with Crippen molar-refractivity contribution < 1.29 is 9.59 Å². The van der Waals surface area contributed by atoms with Crippen LogP contribution in [0.3, 0.4) is 0 Å². The molecule has 2 heterocycles. The Hall–Kier alpha value is -2.04. The summed E-state index contributed by atoms with van der Waals surface area (Å²) in [6.07, 6.45) is 6.22. The zero-order chi connectivity index (χ0) is 18.5. The number of carbonyl (C=O) groups excluding carboxylic acids is 2. The number of hydrogen-bond donors (Lipinski definition) is 0. The largest absolute Gasteiger partial charge is 0.372 e. The van der Waals surface area contributed by atoms with Crippen molar-refractivity contribution in [3.8, 4) is 0 Å². The van der Waals surface area contributed by atoms with Crippen LogP contribution in [0.15, 0.2) is 24.3 Å². The number of anilines is 2. The Kier molecular flexibility index (Phi) is 6.17. The Labute approximate surface area is 156 Å². The normalized spacial score (nSPS) is 20.5. The summed E-state index contributed by atoms with van der Waals surface area (Å²) in [5.74, 6) is -0.0664. The van der Waals surface area contributed by atoms with Crippen LogP contribution in [0, 0.1) is 5.92 Å². The molecular weight excluding hydrogens is 326 g/mol. The monoisotopic (exact) mass is 357 g/mol. The summed E-state index contributed by atoms with van der Waals surface area (Å²) < 4.78 is 0. The van der Waals surface area contributed by atoms with E-state index in [1.165, 1.54) is 24.9 Å². The first kappa shape index (κ1) is 18.7. The van der Waals surface area contributed by atoms with Gasteiger partial charge in [-0.25, -0.2) is 0 Å². The number of rotatable bonds is 6. The SMILES string of the molecule is CCCCN(C)C(=O)C1CC(=O)N(c2ccc(N3CCCCC3)cc2)C1. The molecule has 0 N–H and O–H groups in total. The predicted molar refractivity (Wildman–Crippen MR) is 106 cm³/mol. The van der Waals surface area contributed by atoms with Crippen LogP contribution < -0.4 is 9.80 Å². The quantitative estimate of drug-likeness (QED) is 0.785. The number of carbonyl (C=O) groups is 2. The van der Waals surface area contributed by atoms with Gasteiger partial charge in [0.2, 0.25) is 11.8 Å². The van der Waals surface area contributed by atoms with E-state index in [9.17, 15) is 9.59 Å². The Morgan fingerprint density at radius 3 is 2.42 bits per heavy atom. The van der Waals surface area contributed by atoms with E-state index in [1.54, 1.807) is 9.80 Å². The highest BCUT2D eigenvalue weighted by molar-refractivity contribution is 6.00. The molecular formula is C21H31N3O2. The molecule has 1 atom stereocenters. The van der Waals surface area contributed by atoms with E-state index in [0.717, 1.165) is 38.2 Å². The highest BCUT2D eigenvalue weighted by Crippen LogP contribution is 2.29. The summed E-state index contributed by atoms with van der Waals surface area (Å²) in [6, 6.07) is 8.26. The van der Waals surface area contributed by atoms with Crippen molar-refractivity contribution in [3.63, 3.8) is 0 Å². The topological polar surface area (TPSA) is 43.9 Å². The highest BCUT2D eigenvalue weighted by atomic mass is 16.2. The molecule has 0 saturated carbocycles. The van der Waals surface area contributed by atoms with Gasteiger partial charge in [0.1, 0.15) is 0 Å². The van der Waals surface area contributed by atoms with Gasteiger partial charge in [0, 0.05) is 51.0 Å². The molecule has 2 aliphatic rings. The van der Waals surface area contributed by atoms with Crippen molar-refractivity contribution >= 4 is 23.2 Å². The van der Waals surface area contributed by atoms with Crippen LogP contribution in [0.1, 0.15) is 45.4 Å². The first-order valence-electron chi connectivity index (χ1n) is 10.0. The second kappa shape index (κ2) is 8.56. The average Bonchev–Trinajstić information content (AvgIpc) is 3.08. The summed E-state index contributed by atoms with van der Waals surface area (Å²) in [4.78, 5) is 31.0. The third kappa shape index (κ3) is 4.19. The van der Waals surface area contributed by atoms with E-state index in [1.807, 2.05) is 19.2 Å². The molecule has 0 radical (unpaired) electrons. The molecule has 2 aliphatic heterocycles. The lowest BCUT2D eigenvalue weighted by Gasteiger charge is -2.29. The third-order valence-corrected chi connectivity index (χ3v) is 5.58. The number of piperidine rings is 1. The summed E-state index contributed by atoms with van der Waals surface area (Å²) in [6.45, 7) is 5.61. The van der Waals surface area contributed by atoms with Crippen molar-refractivity contribution in [2.75, 3.05) is 43.0 Å². The number of amides is 2. The van der Waals surface area contributed by atoms with Gasteiger partial charge in [0.05, 0.1) is 5.92 Å². The summed E-state index contributed by atoms with van der Waals surface area (Å²) in [5.41, 5.74) is 2.13. The van der Waals surface area contributed by atoms with Gasteiger partial charge in [-0.2, -0.15) is 0 Å². The first-order chi connectivity index (χ1) is 12.6. The molecule has 26 heavy (non-hydrogen) atoms. The van der Waals surface area contributed by atoms with Crippen molar-refractivity contribution in [2.24, 2.45) is 5.92 Å². The van der Waals surface area contributed by atoms with Gasteiger partial charge in [-0.3, -0.25) is 9.59 Å². The van der Waals surface area contributed by atoms with Crippen LogP contribution >= 0.6 is 0 Å². The third-order valence-electron chi connectivity index (χ3n) is 5.58. The lowest BCUT2D eigenvalue weighted by molar-refractivity contribution is -0.134. The van der Waals surface area contributed by atoms with Gasteiger partial charge in [-0.15, -0.1) is 0 Å². The van der Waals surface area contributed by atoms with Crippen LogP contribution in [0.5, 0.6) is 0 Å². The molecule has 1 aromatic carbocycles. The van der Waals surface area contributed by atoms with Crippen LogP contribution in [-0.2, 0) is 9.59 Å². The number of unbranched alkanes of at least 4 members (excludes halogenated alkanes) is 1. The Balaban J connectivity index is 1.62. The van der Waals surface area contributed by atoms with E-state index >= 15 is 0 Å². The molecule has 2 amide bonds. The van der Waals surface area contributed by atoms with Gasteiger partial charge in [0.25, 0.3) is 0 Å². The van der Waals surface area contributed by atoms with Crippen LogP contribution in [-0.4, -0.2) is 49.9 Å². The minimum Gasteiger partial charge on any atom is -0.372 e. The molecule has 0 bridgehead atoms. The Morgan fingerprint density at radius 2 is 1.77 bits per heavy atom. The van der Waals surface area contributed by atoms with Gasteiger partial charge in [-0.1, -0.05) is 13.3 Å². The first-order valence-corrected chi connectivity index (χ1v) is 10.0. The Morgan fingerprint density at radius 1 is 1.12 bits per heavy atom. The molecule has 0 spiro atoms. The maximum absolute atomic E-state index is 12.6. The minimum absolute atomic E-state index is 0.0537. The van der Waals surface area contributed by atoms with Crippen molar-refractivity contribution in [2.45, 2.75) is 45.4 Å². The molecule has 2 saturated heterocycles. The molecule has 5 heteroatoms. The van der Waals surface area contributed by atoms with Gasteiger partial charge in [0.15, 0.2) is 0 Å². The number of hydrogen-bond acceptors (Lipinski definition) is 3. The number of benzene rings is 1. The maximum Gasteiger partial charge on any atom is 0.227 e. The fourth-order valence-corrected chi connectivity index (χ4v) is 3.94. The second-order valence-electron chi connectivity index (χ2n) is 7.58. The maximum atomic E-state index is 12.6. The summed E-state index contributed by atoms with van der Waals surface area (Å²) in [7, 11) is 1.85. The van der Waals surface area contributed by atoms with E-state index in [0.29, 0.717) is 13.0 Å². The standard InChI is InChI=1S/C21H31N3O2/c1-3-4-12-22(2)21(26)17-15-20(25)24(16-17)19-10-8-18(9-11-19)23-13-6-5-7-14-23/h8-11,17H,3-7,12-16H2,1-2H3. The van der Waals surface area contributed by atoms with E-state index in [2.05, 4.69) is 24.0 Å². The fourth-order valence-electron chi connectivity index (χ4n) is 3.94. The van der Waals surface area contributed by atoms with Crippen molar-refractivity contribution in [3.05, 3.63) is 24.3 Å². The second-order valence-corrected chi connectivity index (χ2v) is 7.58. The highest BCUT2D eigenvalue weighted by Gasteiger charge is 2.36. The molecule has 2 fully saturated rings. The smallest absolute Gasteiger partial charge is 0.227 e. The predicted octanol–water partition coefficient (Wildman–Crippen LogP) is 3.29. The zero-order valence-electron chi connectivity index (χ0n) is 16.1. The van der Waals surface area contributed by atoms with Crippen LogP contribution in [0.4, 0.5) is 11.4 Å². The molecule has 1 unspecified atom stereocenters. The zero-order valence-corrected chi connectivity index (χ0v) is 16.1. The minimum atomic E-state index is -0.217. The van der Waals surface area contributed by atoms with Gasteiger partial charge >= 0.3 is 0 Å². The molecule has 0 aromatic heterocycles. The van der Waals surface area contributed by atoms with E-state index < -0.39 is 0 Å². The van der Waals surface area contributed by atoms with Crippen LogP contribution in [0.25, 0.3) is 0 Å². The molecule has 1 aromatic rings. The number of nitrogens with zero attached hydrogens (tertiary/aromatic N) is 3. The molecule has 0 aliphatic carbocycles. The lowest BCUT2D eigenvalue weighted by Crippen LogP contribution is -2.35. The van der Waals surface area contributed by atoms with Crippen molar-refractivity contribution in [1.29, 1.82) is 0 Å². The lowest BCUT2D eigenvalue weighted by atomic mass is 10.1.